The van der Waals surface area contributed by atoms with Crippen LogP contribution in [0.1, 0.15) is 29.0 Å². The lowest BCUT2D eigenvalue weighted by molar-refractivity contribution is -0.115. The summed E-state index contributed by atoms with van der Waals surface area (Å²) in [5.41, 5.74) is 3.13. The molecular weight excluding hydrogens is 356 g/mol. The van der Waals surface area contributed by atoms with Crippen molar-refractivity contribution in [3.05, 3.63) is 82.0 Å². The molecule has 0 spiro atoms. The van der Waals surface area contributed by atoms with Crippen LogP contribution in [0.4, 0.5) is 5.69 Å². The number of carbonyl (C=O) groups excluding carboxylic acids is 1. The number of carbonyl (C=O) groups is 1. The summed E-state index contributed by atoms with van der Waals surface area (Å²) < 4.78 is 5.29. The number of para-hydroxylation sites is 2. The summed E-state index contributed by atoms with van der Waals surface area (Å²) in [6.45, 7) is 2.35. The van der Waals surface area contributed by atoms with E-state index in [-0.39, 0.29) is 18.5 Å². The van der Waals surface area contributed by atoms with Crippen molar-refractivity contribution in [1.29, 1.82) is 0 Å². The predicted octanol–water partition coefficient (Wildman–Crippen LogP) is 4.64. The lowest BCUT2D eigenvalue weighted by atomic mass is 10.0. The number of nitrogens with one attached hydrogen (secondary N) is 2. The number of benzene rings is 2. The number of rotatable bonds is 8. The van der Waals surface area contributed by atoms with Gasteiger partial charge in [-0.2, -0.15) is 0 Å². The fourth-order valence-electron chi connectivity index (χ4n) is 2.92. The third-order valence-corrected chi connectivity index (χ3v) is 5.33. The molecule has 0 radical (unpaired) electrons. The Hall–Kier alpha value is -2.63. The zero-order valence-electron chi connectivity index (χ0n) is 15.6. The maximum atomic E-state index is 12.5. The first kappa shape index (κ1) is 19.1. The van der Waals surface area contributed by atoms with Crippen molar-refractivity contribution in [2.75, 3.05) is 19.0 Å². The van der Waals surface area contributed by atoms with Gasteiger partial charge in [0, 0.05) is 4.88 Å². The highest BCUT2D eigenvalue weighted by Crippen LogP contribution is 2.27. The van der Waals surface area contributed by atoms with Crippen LogP contribution in [0.3, 0.4) is 0 Å². The molecule has 140 valence electrons. The molecule has 27 heavy (non-hydrogen) atoms. The molecule has 0 aliphatic carbocycles. The number of thiophene rings is 1. The fourth-order valence-corrected chi connectivity index (χ4v) is 3.75. The highest BCUT2D eigenvalue weighted by molar-refractivity contribution is 7.10. The zero-order chi connectivity index (χ0) is 19.1. The number of hydrogen-bond acceptors (Lipinski definition) is 4. The molecule has 0 bridgehead atoms. The van der Waals surface area contributed by atoms with Crippen molar-refractivity contribution in [2.24, 2.45) is 0 Å². The van der Waals surface area contributed by atoms with Gasteiger partial charge in [-0.05, 0) is 41.1 Å². The van der Waals surface area contributed by atoms with Gasteiger partial charge in [-0.3, -0.25) is 10.1 Å². The van der Waals surface area contributed by atoms with Crippen LogP contribution in [0.5, 0.6) is 5.75 Å². The number of methoxy groups -OCH3 is 1. The van der Waals surface area contributed by atoms with Crippen LogP contribution >= 0.6 is 11.3 Å². The third kappa shape index (κ3) is 4.96. The van der Waals surface area contributed by atoms with E-state index in [1.807, 2.05) is 30.3 Å². The topological polar surface area (TPSA) is 50.4 Å². The SMILES string of the molecule is CCc1ccc([C@@H](NCC(=O)Nc2ccccc2OC)c2cccs2)cc1. The van der Waals surface area contributed by atoms with Crippen LogP contribution in [0.15, 0.2) is 66.0 Å². The van der Waals surface area contributed by atoms with Gasteiger partial charge < -0.3 is 10.1 Å². The number of anilines is 1. The maximum absolute atomic E-state index is 12.5. The van der Waals surface area contributed by atoms with Crippen LogP contribution in [-0.2, 0) is 11.2 Å². The predicted molar refractivity (Wildman–Crippen MR) is 112 cm³/mol. The lowest BCUT2D eigenvalue weighted by Crippen LogP contribution is -2.31. The van der Waals surface area contributed by atoms with Crippen molar-refractivity contribution in [3.8, 4) is 5.75 Å². The number of hydrogen-bond donors (Lipinski definition) is 2. The van der Waals surface area contributed by atoms with E-state index in [2.05, 4.69) is 53.3 Å². The molecule has 0 saturated carbocycles. The van der Waals surface area contributed by atoms with Crippen LogP contribution < -0.4 is 15.4 Å². The van der Waals surface area contributed by atoms with Crippen LogP contribution in [0, 0.1) is 0 Å². The normalized spacial score (nSPS) is 11.8. The molecule has 1 amide bonds. The molecule has 0 aliphatic heterocycles. The molecule has 4 nitrogen and oxygen atoms in total. The summed E-state index contributed by atoms with van der Waals surface area (Å²) in [6, 6.07) is 20.1. The lowest BCUT2D eigenvalue weighted by Gasteiger charge is -2.18. The summed E-state index contributed by atoms with van der Waals surface area (Å²) in [7, 11) is 1.59. The first-order valence-electron chi connectivity index (χ1n) is 8.99. The van der Waals surface area contributed by atoms with Gasteiger partial charge in [0.1, 0.15) is 5.75 Å². The van der Waals surface area contributed by atoms with Gasteiger partial charge in [0.05, 0.1) is 25.4 Å². The first-order valence-corrected chi connectivity index (χ1v) is 9.87. The van der Waals surface area contributed by atoms with Crippen molar-refractivity contribution in [1.82, 2.24) is 5.32 Å². The molecule has 0 aliphatic rings. The van der Waals surface area contributed by atoms with Gasteiger partial charge in [-0.25, -0.2) is 0 Å². The highest BCUT2D eigenvalue weighted by Gasteiger charge is 2.16. The molecule has 1 heterocycles. The summed E-state index contributed by atoms with van der Waals surface area (Å²) in [5.74, 6) is 0.544. The van der Waals surface area contributed by atoms with Gasteiger partial charge in [0.2, 0.25) is 5.91 Å². The van der Waals surface area contributed by atoms with Gasteiger partial charge in [-0.1, -0.05) is 49.4 Å². The fraction of sp³-hybridized carbons (Fsp3) is 0.227. The Labute approximate surface area is 164 Å². The number of amides is 1. The second kappa shape index (κ2) is 9.35. The highest BCUT2D eigenvalue weighted by atomic mass is 32.1. The van der Waals surface area contributed by atoms with Crippen molar-refractivity contribution in [3.63, 3.8) is 0 Å². The molecule has 5 heteroatoms. The second-order valence-electron chi connectivity index (χ2n) is 6.17. The minimum atomic E-state index is -0.105. The van der Waals surface area contributed by atoms with Crippen LogP contribution in [0.2, 0.25) is 0 Å². The van der Waals surface area contributed by atoms with Gasteiger partial charge in [0.15, 0.2) is 0 Å². The van der Waals surface area contributed by atoms with Crippen LogP contribution in [-0.4, -0.2) is 19.6 Å². The Bertz CT molecular complexity index is 860. The number of ether oxygens (including phenoxy) is 1. The Kier molecular flexibility index (Phi) is 6.63. The van der Waals surface area contributed by atoms with Gasteiger partial charge >= 0.3 is 0 Å². The molecule has 0 unspecified atom stereocenters. The molecule has 1 atom stereocenters. The smallest absolute Gasteiger partial charge is 0.238 e. The first-order chi connectivity index (χ1) is 13.2. The van der Waals surface area contributed by atoms with Gasteiger partial charge in [0.25, 0.3) is 0 Å². The van der Waals surface area contributed by atoms with E-state index in [1.165, 1.54) is 10.4 Å². The average Bonchev–Trinajstić information content (AvgIpc) is 3.23. The summed E-state index contributed by atoms with van der Waals surface area (Å²) >= 11 is 1.68. The monoisotopic (exact) mass is 380 g/mol. The largest absolute Gasteiger partial charge is 0.495 e. The Morgan fingerprint density at radius 3 is 2.52 bits per heavy atom. The summed E-state index contributed by atoms with van der Waals surface area (Å²) in [6.07, 6.45) is 1.01. The van der Waals surface area contributed by atoms with Crippen LogP contribution in [0.25, 0.3) is 0 Å². The summed E-state index contributed by atoms with van der Waals surface area (Å²) in [5, 5.41) is 8.35. The molecule has 0 fully saturated rings. The van der Waals surface area contributed by atoms with E-state index in [0.29, 0.717) is 11.4 Å². The standard InChI is InChI=1S/C22H24N2O2S/c1-3-16-10-12-17(13-11-16)22(20-9-6-14-27-20)23-15-21(25)24-18-7-4-5-8-19(18)26-2/h4-14,22-23H,3,15H2,1-2H3,(H,24,25)/t22-/m1/s1. The molecule has 1 aromatic heterocycles. The van der Waals surface area contributed by atoms with Crippen molar-refractivity contribution < 1.29 is 9.53 Å². The summed E-state index contributed by atoms with van der Waals surface area (Å²) in [4.78, 5) is 13.6. The second-order valence-corrected chi connectivity index (χ2v) is 7.15. The molecule has 3 aromatic rings. The Balaban J connectivity index is 1.70. The van der Waals surface area contributed by atoms with E-state index in [9.17, 15) is 4.79 Å². The molecule has 2 aromatic carbocycles. The Morgan fingerprint density at radius 2 is 1.85 bits per heavy atom. The quantitative estimate of drug-likeness (QED) is 0.599. The van der Waals surface area contributed by atoms with E-state index in [4.69, 9.17) is 4.74 Å². The van der Waals surface area contributed by atoms with Crippen molar-refractivity contribution >= 4 is 22.9 Å². The molecule has 3 rings (SSSR count). The third-order valence-electron chi connectivity index (χ3n) is 4.40. The molecule has 2 N–H and O–H groups in total. The van der Waals surface area contributed by atoms with Gasteiger partial charge in [-0.15, -0.1) is 11.3 Å². The zero-order valence-corrected chi connectivity index (χ0v) is 16.4. The van der Waals surface area contributed by atoms with E-state index >= 15 is 0 Å². The molecular formula is C22H24N2O2S. The average molecular weight is 381 g/mol. The number of aryl methyl sites for hydroxylation is 1. The van der Waals surface area contributed by atoms with E-state index in [1.54, 1.807) is 18.4 Å². The Morgan fingerprint density at radius 1 is 1.07 bits per heavy atom. The van der Waals surface area contributed by atoms with E-state index in [0.717, 1.165) is 12.0 Å². The molecule has 0 saturated heterocycles. The van der Waals surface area contributed by atoms with Crippen molar-refractivity contribution in [2.45, 2.75) is 19.4 Å². The minimum Gasteiger partial charge on any atom is -0.495 e. The van der Waals surface area contributed by atoms with E-state index < -0.39 is 0 Å². The minimum absolute atomic E-state index is 0.0145. The maximum Gasteiger partial charge on any atom is 0.238 e.